The topological polar surface area (TPSA) is 58.6 Å². The van der Waals surface area contributed by atoms with Crippen LogP contribution in [0, 0.1) is 5.92 Å². The van der Waals surface area contributed by atoms with Gasteiger partial charge in [0.2, 0.25) is 11.8 Å². The van der Waals surface area contributed by atoms with E-state index in [0.29, 0.717) is 32.5 Å². The van der Waals surface area contributed by atoms with Crippen LogP contribution in [0.2, 0.25) is 0 Å². The number of nitrogens with zero attached hydrogens (tertiary/aromatic N) is 1. The third kappa shape index (κ3) is 4.74. The maximum absolute atomic E-state index is 12.4. The van der Waals surface area contributed by atoms with Gasteiger partial charge < -0.3 is 15.0 Å². The summed E-state index contributed by atoms with van der Waals surface area (Å²) in [7, 11) is 0. The van der Waals surface area contributed by atoms with Crippen LogP contribution in [0.5, 0.6) is 5.75 Å². The van der Waals surface area contributed by atoms with Gasteiger partial charge in [-0.15, -0.1) is 0 Å². The third-order valence-corrected chi connectivity index (χ3v) is 5.00. The quantitative estimate of drug-likeness (QED) is 0.863. The molecule has 1 aliphatic heterocycles. The lowest BCUT2D eigenvalue weighted by Crippen LogP contribution is -2.33. The maximum Gasteiger partial charge on any atom is 0.226 e. The molecule has 5 heteroatoms. The number of carbonyl (C=O) groups excluding carboxylic acids is 2. The van der Waals surface area contributed by atoms with Crippen LogP contribution in [0.3, 0.4) is 0 Å². The van der Waals surface area contributed by atoms with Crippen LogP contribution in [0.25, 0.3) is 0 Å². The predicted molar refractivity (Wildman–Crippen MR) is 96.3 cm³/mol. The van der Waals surface area contributed by atoms with E-state index in [4.69, 9.17) is 4.74 Å². The summed E-state index contributed by atoms with van der Waals surface area (Å²) in [6.45, 7) is 5.88. The lowest BCUT2D eigenvalue weighted by molar-refractivity contribution is -0.133. The Morgan fingerprint density at radius 1 is 1.36 bits per heavy atom. The highest BCUT2D eigenvalue weighted by Crippen LogP contribution is 2.33. The van der Waals surface area contributed by atoms with E-state index in [1.165, 1.54) is 0 Å². The second-order valence-electron chi connectivity index (χ2n) is 7.20. The molecule has 0 aromatic heterocycles. The van der Waals surface area contributed by atoms with Gasteiger partial charge in [0.05, 0.1) is 6.54 Å². The van der Waals surface area contributed by atoms with Crippen LogP contribution in [0.4, 0.5) is 0 Å². The molecule has 1 atom stereocenters. The SMILES string of the molecule is CCC(C)NC(=O)CCc1ccc2c(c1)CN(C(=O)C1CC1)CCO2. The van der Waals surface area contributed by atoms with Crippen molar-refractivity contribution in [2.75, 3.05) is 13.2 Å². The molecule has 0 bridgehead atoms. The highest BCUT2D eigenvalue weighted by molar-refractivity contribution is 5.81. The van der Waals surface area contributed by atoms with E-state index in [1.54, 1.807) is 0 Å². The minimum Gasteiger partial charge on any atom is -0.491 e. The number of benzene rings is 1. The van der Waals surface area contributed by atoms with E-state index in [9.17, 15) is 9.59 Å². The lowest BCUT2D eigenvalue weighted by Gasteiger charge is -2.19. The van der Waals surface area contributed by atoms with Gasteiger partial charge in [0.25, 0.3) is 0 Å². The van der Waals surface area contributed by atoms with Crippen LogP contribution in [-0.4, -0.2) is 35.9 Å². The van der Waals surface area contributed by atoms with Crippen molar-refractivity contribution in [3.05, 3.63) is 29.3 Å². The fourth-order valence-electron chi connectivity index (χ4n) is 3.09. The first-order chi connectivity index (χ1) is 12.1. The first-order valence-electron chi connectivity index (χ1n) is 9.39. The largest absolute Gasteiger partial charge is 0.491 e. The Balaban J connectivity index is 1.62. The molecule has 1 aromatic carbocycles. The number of amides is 2. The first kappa shape index (κ1) is 17.8. The van der Waals surface area contributed by atoms with E-state index in [0.717, 1.165) is 36.1 Å². The molecule has 2 aliphatic rings. The van der Waals surface area contributed by atoms with E-state index in [-0.39, 0.29) is 23.8 Å². The summed E-state index contributed by atoms with van der Waals surface area (Å²) in [6.07, 6.45) is 4.16. The van der Waals surface area contributed by atoms with Crippen LogP contribution in [0.1, 0.15) is 50.7 Å². The van der Waals surface area contributed by atoms with Gasteiger partial charge in [0.15, 0.2) is 0 Å². The lowest BCUT2D eigenvalue weighted by atomic mass is 10.0. The number of nitrogens with one attached hydrogen (secondary N) is 1. The van der Waals surface area contributed by atoms with E-state index in [2.05, 4.69) is 18.3 Å². The van der Waals surface area contributed by atoms with Gasteiger partial charge in [0.1, 0.15) is 12.4 Å². The maximum atomic E-state index is 12.4. The summed E-state index contributed by atoms with van der Waals surface area (Å²) in [4.78, 5) is 26.3. The molecule has 2 amide bonds. The number of fused-ring (bicyclic) bond motifs is 1. The number of ether oxygens (including phenoxy) is 1. The molecule has 1 aromatic rings. The Labute approximate surface area is 149 Å². The Morgan fingerprint density at radius 2 is 2.16 bits per heavy atom. The monoisotopic (exact) mass is 344 g/mol. The number of rotatable bonds is 6. The summed E-state index contributed by atoms with van der Waals surface area (Å²) < 4.78 is 5.80. The molecule has 0 saturated heterocycles. The van der Waals surface area contributed by atoms with Crippen molar-refractivity contribution >= 4 is 11.8 Å². The molecule has 0 spiro atoms. The average molecular weight is 344 g/mol. The Kier molecular flexibility index (Phi) is 5.61. The molecule has 1 unspecified atom stereocenters. The van der Waals surface area contributed by atoms with Crippen molar-refractivity contribution < 1.29 is 14.3 Å². The minimum atomic E-state index is 0.0890. The minimum absolute atomic E-state index is 0.0890. The molecule has 1 fully saturated rings. The van der Waals surface area contributed by atoms with Crippen LogP contribution < -0.4 is 10.1 Å². The van der Waals surface area contributed by atoms with Crippen molar-refractivity contribution in [2.45, 2.75) is 58.5 Å². The Hall–Kier alpha value is -2.04. The smallest absolute Gasteiger partial charge is 0.226 e. The molecule has 0 radical (unpaired) electrons. The molecule has 1 aliphatic carbocycles. The molecular formula is C20H28N2O3. The molecule has 25 heavy (non-hydrogen) atoms. The van der Waals surface area contributed by atoms with E-state index >= 15 is 0 Å². The van der Waals surface area contributed by atoms with Crippen LogP contribution in [0.15, 0.2) is 18.2 Å². The van der Waals surface area contributed by atoms with Crippen molar-refractivity contribution in [2.24, 2.45) is 5.92 Å². The van der Waals surface area contributed by atoms with Gasteiger partial charge in [-0.05, 0) is 44.2 Å². The summed E-state index contributed by atoms with van der Waals surface area (Å²) in [5.41, 5.74) is 2.16. The summed E-state index contributed by atoms with van der Waals surface area (Å²) in [5, 5.41) is 3.00. The molecule has 5 nitrogen and oxygen atoms in total. The molecule has 1 heterocycles. The van der Waals surface area contributed by atoms with Crippen molar-refractivity contribution in [3.8, 4) is 5.75 Å². The van der Waals surface area contributed by atoms with Gasteiger partial charge in [-0.1, -0.05) is 19.1 Å². The second kappa shape index (κ2) is 7.89. The third-order valence-electron chi connectivity index (χ3n) is 5.00. The molecule has 3 rings (SSSR count). The highest BCUT2D eigenvalue weighted by Gasteiger charge is 2.34. The van der Waals surface area contributed by atoms with Crippen LogP contribution in [-0.2, 0) is 22.6 Å². The van der Waals surface area contributed by atoms with Crippen molar-refractivity contribution in [1.82, 2.24) is 10.2 Å². The fourth-order valence-corrected chi connectivity index (χ4v) is 3.09. The number of carbonyl (C=O) groups is 2. The standard InChI is InChI=1S/C20H28N2O3/c1-3-14(2)21-19(23)9-5-15-4-8-18-17(12-15)13-22(10-11-25-18)20(24)16-6-7-16/h4,8,12,14,16H,3,5-7,9-11,13H2,1-2H3,(H,21,23). The van der Waals surface area contributed by atoms with Crippen LogP contribution >= 0.6 is 0 Å². The van der Waals surface area contributed by atoms with Gasteiger partial charge in [-0.3, -0.25) is 9.59 Å². The first-order valence-corrected chi connectivity index (χ1v) is 9.39. The molecular weight excluding hydrogens is 316 g/mol. The van der Waals surface area contributed by atoms with Crippen molar-refractivity contribution in [1.29, 1.82) is 0 Å². The number of hydrogen-bond donors (Lipinski definition) is 1. The average Bonchev–Trinajstić information content (AvgIpc) is 3.45. The second-order valence-corrected chi connectivity index (χ2v) is 7.20. The summed E-state index contributed by atoms with van der Waals surface area (Å²) >= 11 is 0. The zero-order valence-corrected chi connectivity index (χ0v) is 15.2. The summed E-state index contributed by atoms with van der Waals surface area (Å²) in [5.74, 6) is 1.44. The van der Waals surface area contributed by atoms with Crippen molar-refractivity contribution in [3.63, 3.8) is 0 Å². The van der Waals surface area contributed by atoms with Gasteiger partial charge in [0, 0.05) is 30.5 Å². The zero-order valence-electron chi connectivity index (χ0n) is 15.2. The fraction of sp³-hybridized carbons (Fsp3) is 0.600. The number of aryl methyl sites for hydroxylation is 1. The van der Waals surface area contributed by atoms with Gasteiger partial charge >= 0.3 is 0 Å². The van der Waals surface area contributed by atoms with E-state index < -0.39 is 0 Å². The molecule has 1 saturated carbocycles. The Bertz CT molecular complexity index is 640. The van der Waals surface area contributed by atoms with Gasteiger partial charge in [-0.2, -0.15) is 0 Å². The molecule has 136 valence electrons. The summed E-state index contributed by atoms with van der Waals surface area (Å²) in [6, 6.07) is 6.30. The van der Waals surface area contributed by atoms with Gasteiger partial charge in [-0.25, -0.2) is 0 Å². The molecule has 1 N–H and O–H groups in total. The predicted octanol–water partition coefficient (Wildman–Crippen LogP) is 2.66. The van der Waals surface area contributed by atoms with E-state index in [1.807, 2.05) is 24.0 Å². The zero-order chi connectivity index (χ0) is 17.8. The Morgan fingerprint density at radius 3 is 2.88 bits per heavy atom. The normalized spacial score (nSPS) is 17.9. The highest BCUT2D eigenvalue weighted by atomic mass is 16.5. The number of hydrogen-bond acceptors (Lipinski definition) is 3.